The molecule has 1 aliphatic heterocycles. The number of hydrogen-bond acceptors (Lipinski definition) is 6. The van der Waals surface area contributed by atoms with Crippen LogP contribution in [0.3, 0.4) is 0 Å². The molecule has 20 heavy (non-hydrogen) atoms. The SMILES string of the molecule is CC1(O)CCN(C(=O)c2sccc2-n2cnnn2)CC1. The van der Waals surface area contributed by atoms with Gasteiger partial charge in [-0.3, -0.25) is 4.79 Å². The van der Waals surface area contributed by atoms with E-state index in [2.05, 4.69) is 15.5 Å². The van der Waals surface area contributed by atoms with E-state index in [1.54, 1.807) is 4.90 Å². The number of hydrogen-bond donors (Lipinski definition) is 1. The maximum atomic E-state index is 12.6. The molecule has 1 amide bonds. The molecule has 0 unspecified atom stereocenters. The zero-order valence-corrected chi connectivity index (χ0v) is 11.9. The van der Waals surface area contributed by atoms with Crippen molar-refractivity contribution in [3.05, 3.63) is 22.7 Å². The summed E-state index contributed by atoms with van der Waals surface area (Å²) in [5, 5.41) is 22.8. The monoisotopic (exact) mass is 293 g/mol. The van der Waals surface area contributed by atoms with Crippen molar-refractivity contribution in [2.75, 3.05) is 13.1 Å². The molecule has 1 saturated heterocycles. The Balaban J connectivity index is 1.81. The second-order valence-corrected chi connectivity index (χ2v) is 6.09. The Morgan fingerprint density at radius 2 is 2.20 bits per heavy atom. The summed E-state index contributed by atoms with van der Waals surface area (Å²) in [6.07, 6.45) is 2.68. The molecule has 3 heterocycles. The highest BCUT2D eigenvalue weighted by Gasteiger charge is 2.31. The van der Waals surface area contributed by atoms with Gasteiger partial charge in [0.2, 0.25) is 0 Å². The minimum atomic E-state index is -0.662. The first kappa shape index (κ1) is 13.2. The van der Waals surface area contributed by atoms with Gasteiger partial charge in [0.1, 0.15) is 11.2 Å². The minimum Gasteiger partial charge on any atom is -0.390 e. The third kappa shape index (κ3) is 2.44. The molecule has 0 bridgehead atoms. The number of rotatable bonds is 2. The van der Waals surface area contributed by atoms with Gasteiger partial charge in [-0.05, 0) is 41.6 Å². The lowest BCUT2D eigenvalue weighted by atomic mass is 9.94. The molecule has 0 atom stereocenters. The number of carbonyl (C=O) groups excluding carboxylic acids is 1. The predicted molar refractivity (Wildman–Crippen MR) is 72.8 cm³/mol. The molecule has 1 aliphatic rings. The van der Waals surface area contributed by atoms with Crippen LogP contribution in [0.4, 0.5) is 0 Å². The number of thiophene rings is 1. The third-order valence-corrected chi connectivity index (χ3v) is 4.45. The number of tetrazole rings is 1. The summed E-state index contributed by atoms with van der Waals surface area (Å²) < 4.78 is 1.49. The molecule has 0 spiro atoms. The van der Waals surface area contributed by atoms with Gasteiger partial charge in [-0.25, -0.2) is 0 Å². The Kier molecular flexibility index (Phi) is 3.27. The summed E-state index contributed by atoms with van der Waals surface area (Å²) in [7, 11) is 0. The van der Waals surface area contributed by atoms with E-state index in [9.17, 15) is 9.90 Å². The summed E-state index contributed by atoms with van der Waals surface area (Å²) in [6.45, 7) is 2.95. The van der Waals surface area contributed by atoms with Crippen LogP contribution in [0, 0.1) is 0 Å². The van der Waals surface area contributed by atoms with E-state index in [1.165, 1.54) is 22.3 Å². The molecule has 0 saturated carbocycles. The summed E-state index contributed by atoms with van der Waals surface area (Å²) in [4.78, 5) is 15.0. The number of amides is 1. The normalized spacial score (nSPS) is 18.2. The largest absolute Gasteiger partial charge is 0.390 e. The third-order valence-electron chi connectivity index (χ3n) is 3.56. The quantitative estimate of drug-likeness (QED) is 0.881. The average Bonchev–Trinajstić information content (AvgIpc) is 3.08. The number of carbonyl (C=O) groups is 1. The maximum absolute atomic E-state index is 12.6. The van der Waals surface area contributed by atoms with E-state index in [0.717, 1.165) is 0 Å². The molecule has 7 nitrogen and oxygen atoms in total. The molecule has 2 aromatic rings. The van der Waals surface area contributed by atoms with Gasteiger partial charge < -0.3 is 10.0 Å². The number of piperidine rings is 1. The molecule has 1 fully saturated rings. The minimum absolute atomic E-state index is 0.0269. The van der Waals surface area contributed by atoms with Gasteiger partial charge >= 0.3 is 0 Å². The first-order chi connectivity index (χ1) is 9.57. The number of aromatic nitrogens is 4. The summed E-state index contributed by atoms with van der Waals surface area (Å²) in [6, 6.07) is 1.83. The number of nitrogens with zero attached hydrogens (tertiary/aromatic N) is 5. The summed E-state index contributed by atoms with van der Waals surface area (Å²) in [5.41, 5.74) is 0.0348. The molecular weight excluding hydrogens is 278 g/mol. The van der Waals surface area contributed by atoms with E-state index in [4.69, 9.17) is 0 Å². The zero-order valence-electron chi connectivity index (χ0n) is 11.1. The molecule has 1 N–H and O–H groups in total. The Morgan fingerprint density at radius 1 is 1.45 bits per heavy atom. The van der Waals surface area contributed by atoms with Crippen molar-refractivity contribution in [2.24, 2.45) is 0 Å². The van der Waals surface area contributed by atoms with Gasteiger partial charge in [-0.15, -0.1) is 16.4 Å². The number of likely N-dealkylation sites (tertiary alicyclic amines) is 1. The van der Waals surface area contributed by atoms with Crippen LogP contribution in [0.1, 0.15) is 29.4 Å². The van der Waals surface area contributed by atoms with Gasteiger partial charge in [0.05, 0.1) is 11.3 Å². The van der Waals surface area contributed by atoms with Gasteiger partial charge in [0.15, 0.2) is 0 Å². The Morgan fingerprint density at radius 3 is 2.85 bits per heavy atom. The molecule has 106 valence electrons. The second-order valence-electron chi connectivity index (χ2n) is 5.18. The zero-order chi connectivity index (χ0) is 14.2. The van der Waals surface area contributed by atoms with Crippen molar-refractivity contribution in [2.45, 2.75) is 25.4 Å². The van der Waals surface area contributed by atoms with Crippen molar-refractivity contribution in [1.82, 2.24) is 25.1 Å². The summed E-state index contributed by atoms with van der Waals surface area (Å²) in [5.74, 6) is -0.0269. The second kappa shape index (κ2) is 4.95. The first-order valence-corrected chi connectivity index (χ1v) is 7.27. The van der Waals surface area contributed by atoms with Crippen molar-refractivity contribution in [3.8, 4) is 5.69 Å². The molecule has 0 radical (unpaired) electrons. The molecule has 2 aromatic heterocycles. The lowest BCUT2D eigenvalue weighted by Gasteiger charge is -2.35. The highest BCUT2D eigenvalue weighted by atomic mass is 32.1. The maximum Gasteiger partial charge on any atom is 0.266 e. The highest BCUT2D eigenvalue weighted by molar-refractivity contribution is 7.12. The van der Waals surface area contributed by atoms with Crippen LogP contribution in [0.2, 0.25) is 0 Å². The average molecular weight is 293 g/mol. The van der Waals surface area contributed by atoms with E-state index >= 15 is 0 Å². The van der Waals surface area contributed by atoms with Crippen LogP contribution < -0.4 is 0 Å². The molecule has 0 aliphatic carbocycles. The van der Waals surface area contributed by atoms with E-state index in [-0.39, 0.29) is 5.91 Å². The molecular formula is C12H15N5O2S. The topological polar surface area (TPSA) is 84.1 Å². The number of aliphatic hydroxyl groups is 1. The van der Waals surface area contributed by atoms with Gasteiger partial charge in [-0.1, -0.05) is 0 Å². The lowest BCUT2D eigenvalue weighted by Crippen LogP contribution is -2.45. The van der Waals surface area contributed by atoms with E-state index in [0.29, 0.717) is 36.5 Å². The Hall–Kier alpha value is -1.80. The van der Waals surface area contributed by atoms with Crippen LogP contribution in [0.25, 0.3) is 5.69 Å². The van der Waals surface area contributed by atoms with Crippen LogP contribution in [0.5, 0.6) is 0 Å². The van der Waals surface area contributed by atoms with Crippen LogP contribution in [-0.4, -0.2) is 54.8 Å². The van der Waals surface area contributed by atoms with Gasteiger partial charge in [0.25, 0.3) is 5.91 Å². The first-order valence-electron chi connectivity index (χ1n) is 6.39. The van der Waals surface area contributed by atoms with E-state index < -0.39 is 5.60 Å². The predicted octanol–water partition coefficient (Wildman–Crippen LogP) is 0.711. The fourth-order valence-corrected chi connectivity index (χ4v) is 3.10. The Bertz CT molecular complexity index is 597. The lowest BCUT2D eigenvalue weighted by molar-refractivity contribution is -0.00187. The van der Waals surface area contributed by atoms with Crippen molar-refractivity contribution >= 4 is 17.2 Å². The summed E-state index contributed by atoms with van der Waals surface area (Å²) >= 11 is 1.38. The van der Waals surface area contributed by atoms with E-state index in [1.807, 2.05) is 18.4 Å². The fraction of sp³-hybridized carbons (Fsp3) is 0.500. The van der Waals surface area contributed by atoms with Crippen LogP contribution in [-0.2, 0) is 0 Å². The van der Waals surface area contributed by atoms with Crippen molar-refractivity contribution in [1.29, 1.82) is 0 Å². The van der Waals surface area contributed by atoms with Gasteiger partial charge in [-0.2, -0.15) is 4.68 Å². The smallest absolute Gasteiger partial charge is 0.266 e. The van der Waals surface area contributed by atoms with Crippen molar-refractivity contribution < 1.29 is 9.90 Å². The van der Waals surface area contributed by atoms with Crippen LogP contribution >= 0.6 is 11.3 Å². The van der Waals surface area contributed by atoms with Crippen molar-refractivity contribution in [3.63, 3.8) is 0 Å². The van der Waals surface area contributed by atoms with Gasteiger partial charge in [0, 0.05) is 13.1 Å². The van der Waals surface area contributed by atoms with Crippen LogP contribution in [0.15, 0.2) is 17.8 Å². The molecule has 3 rings (SSSR count). The molecule has 0 aromatic carbocycles. The fourth-order valence-electron chi connectivity index (χ4n) is 2.25. The highest BCUT2D eigenvalue weighted by Crippen LogP contribution is 2.26. The molecule has 8 heteroatoms. The standard InChI is InChI=1S/C12H15N5O2S/c1-12(19)3-5-16(6-4-12)11(18)10-9(2-7-20-10)17-8-13-14-15-17/h2,7-8,19H,3-6H2,1H3. The Labute approximate surface area is 119 Å².